The van der Waals surface area contributed by atoms with Crippen molar-refractivity contribution in [2.75, 3.05) is 23.8 Å². The van der Waals surface area contributed by atoms with Gasteiger partial charge in [-0.3, -0.25) is 0 Å². The summed E-state index contributed by atoms with van der Waals surface area (Å²) in [6.45, 7) is 9.24. The second kappa shape index (κ2) is 8.96. The monoisotopic (exact) mass is 430 g/mol. The number of hydrogen-bond donors (Lipinski definition) is 3. The Labute approximate surface area is 188 Å². The molecular formula is C25H30N6O. The molecule has 7 nitrogen and oxygen atoms in total. The van der Waals surface area contributed by atoms with Gasteiger partial charge in [-0.25, -0.2) is 14.6 Å². The molecule has 2 heterocycles. The van der Waals surface area contributed by atoms with Gasteiger partial charge in [-0.2, -0.15) is 5.10 Å². The molecule has 32 heavy (non-hydrogen) atoms. The lowest BCUT2D eigenvalue weighted by Crippen LogP contribution is -2.12. The zero-order valence-electron chi connectivity index (χ0n) is 19.1. The number of aryl methyl sites for hydroxylation is 1. The van der Waals surface area contributed by atoms with Crippen LogP contribution in [0.5, 0.6) is 0 Å². The summed E-state index contributed by atoms with van der Waals surface area (Å²) in [6.07, 6.45) is 0.628. The summed E-state index contributed by atoms with van der Waals surface area (Å²) < 4.78 is 1.91. The average molecular weight is 431 g/mol. The molecule has 0 amide bonds. The fourth-order valence-electron chi connectivity index (χ4n) is 3.34. The predicted molar refractivity (Wildman–Crippen MR) is 130 cm³/mol. The molecule has 2 aromatic heterocycles. The van der Waals surface area contributed by atoms with Crippen molar-refractivity contribution in [1.82, 2.24) is 19.7 Å². The molecule has 166 valence electrons. The number of fused-ring (bicyclic) bond motifs is 1. The maximum Gasteiger partial charge on any atom is 0.175 e. The molecule has 0 bridgehead atoms. The summed E-state index contributed by atoms with van der Waals surface area (Å²) in [4.78, 5) is 9.60. The zero-order chi connectivity index (χ0) is 22.7. The Kier molecular flexibility index (Phi) is 6.10. The molecular weight excluding hydrogens is 400 g/mol. The Hall–Kier alpha value is -3.45. The van der Waals surface area contributed by atoms with Crippen molar-refractivity contribution in [3.63, 3.8) is 0 Å². The molecule has 2 aromatic carbocycles. The third kappa shape index (κ3) is 4.73. The fraction of sp³-hybridized carbons (Fsp3) is 0.320. The number of para-hydroxylation sites is 2. The van der Waals surface area contributed by atoms with Crippen LogP contribution in [0.3, 0.4) is 0 Å². The van der Waals surface area contributed by atoms with Crippen molar-refractivity contribution in [3.05, 3.63) is 65.9 Å². The van der Waals surface area contributed by atoms with Crippen LogP contribution in [0.2, 0.25) is 0 Å². The number of benzene rings is 2. The Morgan fingerprint density at radius 1 is 0.938 bits per heavy atom. The summed E-state index contributed by atoms with van der Waals surface area (Å²) in [5, 5.41) is 20.8. The molecule has 0 aliphatic rings. The number of aromatic nitrogens is 4. The maximum absolute atomic E-state index is 9.18. The minimum atomic E-state index is -0.107. The van der Waals surface area contributed by atoms with E-state index in [1.165, 1.54) is 5.56 Å². The van der Waals surface area contributed by atoms with E-state index in [0.717, 1.165) is 28.2 Å². The summed E-state index contributed by atoms with van der Waals surface area (Å²) in [6, 6.07) is 18.1. The standard InChI is InChI=1S/C25H30N6O/c1-17-10-12-18(13-11-17)31-22(16-21(30-31)25(2,3)4)29-24-23(26-14-7-15-32)27-19-8-5-6-9-20(19)28-24/h5-6,8-13,16,32H,7,14-15H2,1-4H3,(H,26,27)(H,28,29). The van der Waals surface area contributed by atoms with Gasteiger partial charge in [0.1, 0.15) is 5.82 Å². The number of nitrogens with zero attached hydrogens (tertiary/aromatic N) is 4. The highest BCUT2D eigenvalue weighted by Gasteiger charge is 2.22. The lowest BCUT2D eigenvalue weighted by molar-refractivity contribution is 0.292. The zero-order valence-corrected chi connectivity index (χ0v) is 19.1. The molecule has 0 radical (unpaired) electrons. The van der Waals surface area contributed by atoms with Gasteiger partial charge in [-0.1, -0.05) is 50.6 Å². The van der Waals surface area contributed by atoms with Gasteiger partial charge in [0.2, 0.25) is 0 Å². The van der Waals surface area contributed by atoms with Crippen molar-refractivity contribution in [2.24, 2.45) is 0 Å². The Bertz CT molecular complexity index is 1210. The predicted octanol–water partition coefficient (Wildman–Crippen LogP) is 4.96. The van der Waals surface area contributed by atoms with Crippen molar-refractivity contribution in [3.8, 4) is 5.69 Å². The van der Waals surface area contributed by atoms with E-state index < -0.39 is 0 Å². The summed E-state index contributed by atoms with van der Waals surface area (Å²) in [7, 11) is 0. The van der Waals surface area contributed by atoms with Crippen LogP contribution in [0.1, 0.15) is 38.4 Å². The largest absolute Gasteiger partial charge is 0.396 e. The molecule has 4 aromatic rings. The first-order valence-corrected chi connectivity index (χ1v) is 10.9. The third-order valence-corrected chi connectivity index (χ3v) is 5.20. The molecule has 0 unspecified atom stereocenters. The highest BCUT2D eigenvalue weighted by atomic mass is 16.3. The Balaban J connectivity index is 1.79. The van der Waals surface area contributed by atoms with Crippen molar-refractivity contribution >= 4 is 28.5 Å². The summed E-state index contributed by atoms with van der Waals surface area (Å²) in [5.74, 6) is 2.08. The van der Waals surface area contributed by atoms with Gasteiger partial charge in [0.05, 0.1) is 22.4 Å². The molecule has 3 N–H and O–H groups in total. The first-order chi connectivity index (χ1) is 15.3. The first-order valence-electron chi connectivity index (χ1n) is 10.9. The topological polar surface area (TPSA) is 87.9 Å². The molecule has 0 aliphatic heterocycles. The quantitative estimate of drug-likeness (QED) is 0.359. The Morgan fingerprint density at radius 3 is 2.22 bits per heavy atom. The van der Waals surface area contributed by atoms with Gasteiger partial charge in [0, 0.05) is 24.6 Å². The van der Waals surface area contributed by atoms with Crippen LogP contribution in [0, 0.1) is 6.92 Å². The minimum absolute atomic E-state index is 0.107. The molecule has 0 spiro atoms. The number of rotatable bonds is 7. The lowest BCUT2D eigenvalue weighted by Gasteiger charge is -2.14. The molecule has 7 heteroatoms. The van der Waals surface area contributed by atoms with Gasteiger partial charge in [0.25, 0.3) is 0 Å². The number of anilines is 3. The maximum atomic E-state index is 9.18. The SMILES string of the molecule is Cc1ccc(-n2nc(C(C)(C)C)cc2Nc2nc3ccccc3nc2NCCCO)cc1. The van der Waals surface area contributed by atoms with E-state index in [1.54, 1.807) is 0 Å². The van der Waals surface area contributed by atoms with Crippen molar-refractivity contribution < 1.29 is 5.11 Å². The van der Waals surface area contributed by atoms with Crippen LogP contribution >= 0.6 is 0 Å². The van der Waals surface area contributed by atoms with Gasteiger partial charge >= 0.3 is 0 Å². The van der Waals surface area contributed by atoms with E-state index in [2.05, 4.69) is 68.7 Å². The Morgan fingerprint density at radius 2 is 1.59 bits per heavy atom. The molecule has 0 atom stereocenters. The van der Waals surface area contributed by atoms with E-state index in [4.69, 9.17) is 15.1 Å². The second-order valence-corrected chi connectivity index (χ2v) is 8.95. The highest BCUT2D eigenvalue weighted by molar-refractivity contribution is 5.81. The molecule has 0 saturated carbocycles. The van der Waals surface area contributed by atoms with E-state index in [-0.39, 0.29) is 12.0 Å². The molecule has 4 rings (SSSR count). The third-order valence-electron chi connectivity index (χ3n) is 5.20. The van der Waals surface area contributed by atoms with Gasteiger partial charge in [0.15, 0.2) is 11.6 Å². The normalized spacial score (nSPS) is 11.7. The number of hydrogen-bond acceptors (Lipinski definition) is 6. The van der Waals surface area contributed by atoms with Gasteiger partial charge < -0.3 is 15.7 Å². The minimum Gasteiger partial charge on any atom is -0.396 e. The van der Waals surface area contributed by atoms with Crippen LogP contribution < -0.4 is 10.6 Å². The number of aliphatic hydroxyl groups excluding tert-OH is 1. The number of nitrogens with one attached hydrogen (secondary N) is 2. The highest BCUT2D eigenvalue weighted by Crippen LogP contribution is 2.30. The van der Waals surface area contributed by atoms with Crippen molar-refractivity contribution in [1.29, 1.82) is 0 Å². The van der Waals surface area contributed by atoms with Gasteiger partial charge in [-0.15, -0.1) is 0 Å². The second-order valence-electron chi connectivity index (χ2n) is 8.95. The van der Waals surface area contributed by atoms with Gasteiger partial charge in [-0.05, 0) is 37.6 Å². The van der Waals surface area contributed by atoms with Crippen LogP contribution in [0.15, 0.2) is 54.6 Å². The smallest absolute Gasteiger partial charge is 0.175 e. The molecule has 0 aliphatic carbocycles. The van der Waals surface area contributed by atoms with Crippen LogP contribution in [-0.4, -0.2) is 38.0 Å². The van der Waals surface area contributed by atoms with E-state index in [9.17, 15) is 5.11 Å². The van der Waals surface area contributed by atoms with E-state index >= 15 is 0 Å². The first kappa shape index (κ1) is 21.8. The van der Waals surface area contributed by atoms with E-state index in [0.29, 0.717) is 24.6 Å². The van der Waals surface area contributed by atoms with Crippen LogP contribution in [-0.2, 0) is 5.41 Å². The lowest BCUT2D eigenvalue weighted by atomic mass is 9.92. The van der Waals surface area contributed by atoms with Crippen LogP contribution in [0.4, 0.5) is 17.5 Å². The summed E-state index contributed by atoms with van der Waals surface area (Å²) in [5.41, 5.74) is 4.65. The van der Waals surface area contributed by atoms with Crippen LogP contribution in [0.25, 0.3) is 16.7 Å². The average Bonchev–Trinajstić information content (AvgIpc) is 3.19. The summed E-state index contributed by atoms with van der Waals surface area (Å²) >= 11 is 0. The van der Waals surface area contributed by atoms with E-state index in [1.807, 2.05) is 28.9 Å². The number of aliphatic hydroxyl groups is 1. The van der Waals surface area contributed by atoms with Crippen molar-refractivity contribution in [2.45, 2.75) is 39.5 Å². The molecule has 0 fully saturated rings. The fourth-order valence-corrected chi connectivity index (χ4v) is 3.34. The molecule has 0 saturated heterocycles.